The molecule has 5 heteroatoms. The fourth-order valence-corrected chi connectivity index (χ4v) is 2.29. The fraction of sp³-hybridized carbons (Fsp3) is 0.333. The molecule has 4 nitrogen and oxygen atoms in total. The first-order chi connectivity index (χ1) is 8.04. The van der Waals surface area contributed by atoms with Crippen LogP contribution in [0.3, 0.4) is 0 Å². The second-order valence-electron chi connectivity index (χ2n) is 4.13. The summed E-state index contributed by atoms with van der Waals surface area (Å²) < 4.78 is 5.63. The number of halogens is 1. The van der Waals surface area contributed by atoms with Gasteiger partial charge in [-0.25, -0.2) is 4.79 Å². The molecule has 17 heavy (non-hydrogen) atoms. The van der Waals surface area contributed by atoms with Crippen LogP contribution < -0.4 is 0 Å². The Bertz CT molecular complexity index is 575. The minimum Gasteiger partial charge on any atom is -0.465 e. The minimum absolute atomic E-state index is 0.244. The lowest BCUT2D eigenvalue weighted by atomic mass is 10.0. The highest BCUT2D eigenvalue weighted by atomic mass is 79.9. The molecule has 1 N–H and O–H groups in total. The van der Waals surface area contributed by atoms with E-state index in [2.05, 4.69) is 26.1 Å². The van der Waals surface area contributed by atoms with Gasteiger partial charge in [-0.05, 0) is 18.1 Å². The topological polar surface area (TPSA) is 55.0 Å². The molecule has 0 bridgehead atoms. The Morgan fingerprint density at radius 3 is 2.76 bits per heavy atom. The molecule has 2 rings (SSSR count). The van der Waals surface area contributed by atoms with E-state index in [1.165, 1.54) is 7.11 Å². The molecule has 0 aliphatic carbocycles. The number of fused-ring (bicyclic) bond motifs is 1. The second-order valence-corrected chi connectivity index (χ2v) is 5.05. The number of methoxy groups -OCH3 is 1. The first kappa shape index (κ1) is 12.1. The molecule has 1 aromatic heterocycles. The van der Waals surface area contributed by atoms with E-state index < -0.39 is 0 Å². The molecule has 2 aromatic rings. The van der Waals surface area contributed by atoms with Gasteiger partial charge in [-0.15, -0.1) is 0 Å². The number of rotatable bonds is 2. The summed E-state index contributed by atoms with van der Waals surface area (Å²) in [6, 6.07) is 3.66. The molecule has 0 aliphatic rings. The Kier molecular flexibility index (Phi) is 3.19. The normalized spacial score (nSPS) is 11.1. The predicted octanol–water partition coefficient (Wildman–Crippen LogP) is 3.24. The first-order valence-corrected chi connectivity index (χ1v) is 6.09. The first-order valence-electron chi connectivity index (χ1n) is 5.30. The third-order valence-electron chi connectivity index (χ3n) is 2.61. The standard InChI is InChI=1S/C12H13BrN2O2/c1-6(2)11-10-8(12(16)17-3)4-7(13)5-9(10)14-15-11/h4-6H,1-3H3,(H,14,15). The number of hydrogen-bond donors (Lipinski definition) is 1. The van der Waals surface area contributed by atoms with Gasteiger partial charge in [-0.3, -0.25) is 5.10 Å². The maximum atomic E-state index is 11.8. The Hall–Kier alpha value is -1.36. The molecule has 90 valence electrons. The van der Waals surface area contributed by atoms with Crippen LogP contribution >= 0.6 is 15.9 Å². The highest BCUT2D eigenvalue weighted by Crippen LogP contribution is 2.29. The average molecular weight is 297 g/mol. The van der Waals surface area contributed by atoms with Gasteiger partial charge in [0.05, 0.1) is 23.9 Å². The quantitative estimate of drug-likeness (QED) is 0.866. The largest absolute Gasteiger partial charge is 0.465 e. The molecule has 0 fully saturated rings. The number of aromatic amines is 1. The summed E-state index contributed by atoms with van der Waals surface area (Å²) in [6.45, 7) is 4.08. The van der Waals surface area contributed by atoms with Gasteiger partial charge in [-0.1, -0.05) is 29.8 Å². The lowest BCUT2D eigenvalue weighted by Gasteiger charge is -2.06. The maximum Gasteiger partial charge on any atom is 0.338 e. The maximum absolute atomic E-state index is 11.8. The molecular weight excluding hydrogens is 284 g/mol. The van der Waals surface area contributed by atoms with Gasteiger partial charge in [0.2, 0.25) is 0 Å². The smallest absolute Gasteiger partial charge is 0.338 e. The Morgan fingerprint density at radius 1 is 1.47 bits per heavy atom. The Labute approximate surface area is 107 Å². The number of nitrogens with one attached hydrogen (secondary N) is 1. The highest BCUT2D eigenvalue weighted by molar-refractivity contribution is 9.10. The van der Waals surface area contributed by atoms with Gasteiger partial charge in [0.1, 0.15) is 0 Å². The van der Waals surface area contributed by atoms with Crippen molar-refractivity contribution in [3.63, 3.8) is 0 Å². The van der Waals surface area contributed by atoms with Crippen molar-refractivity contribution in [3.8, 4) is 0 Å². The molecule has 0 saturated carbocycles. The van der Waals surface area contributed by atoms with Gasteiger partial charge in [0.25, 0.3) is 0 Å². The van der Waals surface area contributed by atoms with Crippen molar-refractivity contribution in [2.75, 3.05) is 7.11 Å². The Balaban J connectivity index is 2.78. The molecule has 1 heterocycles. The van der Waals surface area contributed by atoms with E-state index in [1.54, 1.807) is 6.07 Å². The van der Waals surface area contributed by atoms with Crippen molar-refractivity contribution < 1.29 is 9.53 Å². The Morgan fingerprint density at radius 2 is 2.18 bits per heavy atom. The van der Waals surface area contributed by atoms with Crippen LogP contribution in [0, 0.1) is 0 Å². The van der Waals surface area contributed by atoms with Crippen molar-refractivity contribution in [2.45, 2.75) is 19.8 Å². The molecule has 0 saturated heterocycles. The lowest BCUT2D eigenvalue weighted by molar-refractivity contribution is 0.0603. The van der Waals surface area contributed by atoms with E-state index in [1.807, 2.05) is 19.9 Å². The fourth-order valence-electron chi connectivity index (χ4n) is 1.84. The van der Waals surface area contributed by atoms with Crippen LogP contribution in [0.5, 0.6) is 0 Å². The number of nitrogens with zero attached hydrogens (tertiary/aromatic N) is 1. The third-order valence-corrected chi connectivity index (χ3v) is 3.07. The van der Waals surface area contributed by atoms with E-state index in [4.69, 9.17) is 4.74 Å². The molecule has 0 amide bonds. The number of carbonyl (C=O) groups is 1. The predicted molar refractivity (Wildman–Crippen MR) is 69.2 cm³/mol. The van der Waals surface area contributed by atoms with Crippen LogP contribution in [0.1, 0.15) is 35.8 Å². The second kappa shape index (κ2) is 4.49. The van der Waals surface area contributed by atoms with E-state index in [0.29, 0.717) is 5.56 Å². The van der Waals surface area contributed by atoms with Gasteiger partial charge < -0.3 is 4.74 Å². The van der Waals surface area contributed by atoms with Crippen molar-refractivity contribution in [1.29, 1.82) is 0 Å². The van der Waals surface area contributed by atoms with E-state index in [-0.39, 0.29) is 11.9 Å². The van der Waals surface area contributed by atoms with Crippen molar-refractivity contribution >= 4 is 32.8 Å². The van der Waals surface area contributed by atoms with Crippen LogP contribution in [0.25, 0.3) is 10.9 Å². The molecule has 0 aliphatic heterocycles. The molecule has 1 aromatic carbocycles. The van der Waals surface area contributed by atoms with Crippen LogP contribution in [-0.2, 0) is 4.74 Å². The summed E-state index contributed by atoms with van der Waals surface area (Å²) in [5.41, 5.74) is 2.26. The number of esters is 1. The van der Waals surface area contributed by atoms with Gasteiger partial charge in [-0.2, -0.15) is 5.10 Å². The summed E-state index contributed by atoms with van der Waals surface area (Å²) in [7, 11) is 1.38. The summed E-state index contributed by atoms with van der Waals surface area (Å²) in [4.78, 5) is 11.8. The van der Waals surface area contributed by atoms with Crippen molar-refractivity contribution in [3.05, 3.63) is 27.9 Å². The van der Waals surface area contributed by atoms with Crippen LogP contribution in [0.15, 0.2) is 16.6 Å². The number of benzene rings is 1. The SMILES string of the molecule is COC(=O)c1cc(Br)cc2[nH]nc(C(C)C)c12. The molecule has 0 unspecified atom stereocenters. The van der Waals surface area contributed by atoms with Crippen molar-refractivity contribution in [2.24, 2.45) is 0 Å². The zero-order valence-electron chi connectivity index (χ0n) is 9.87. The number of hydrogen-bond acceptors (Lipinski definition) is 3. The van der Waals surface area contributed by atoms with Gasteiger partial charge in [0, 0.05) is 9.86 Å². The molecule has 0 atom stereocenters. The van der Waals surface area contributed by atoms with Gasteiger partial charge in [0.15, 0.2) is 0 Å². The molecule has 0 spiro atoms. The average Bonchev–Trinajstić information content (AvgIpc) is 2.70. The van der Waals surface area contributed by atoms with E-state index >= 15 is 0 Å². The van der Waals surface area contributed by atoms with Crippen LogP contribution in [0.2, 0.25) is 0 Å². The van der Waals surface area contributed by atoms with Crippen LogP contribution in [-0.4, -0.2) is 23.3 Å². The highest BCUT2D eigenvalue weighted by Gasteiger charge is 2.18. The monoisotopic (exact) mass is 296 g/mol. The minimum atomic E-state index is -0.348. The lowest BCUT2D eigenvalue weighted by Crippen LogP contribution is -2.03. The zero-order valence-corrected chi connectivity index (χ0v) is 11.5. The summed E-state index contributed by atoms with van der Waals surface area (Å²) >= 11 is 3.37. The summed E-state index contributed by atoms with van der Waals surface area (Å²) in [5.74, 6) is -0.104. The van der Waals surface area contributed by atoms with Crippen molar-refractivity contribution in [1.82, 2.24) is 10.2 Å². The summed E-state index contributed by atoms with van der Waals surface area (Å²) in [5, 5.41) is 8.04. The van der Waals surface area contributed by atoms with E-state index in [0.717, 1.165) is 21.1 Å². The number of carbonyl (C=O) groups excluding carboxylic acids is 1. The molecule has 0 radical (unpaired) electrons. The molecular formula is C12H13BrN2O2. The number of H-pyrrole nitrogens is 1. The van der Waals surface area contributed by atoms with E-state index in [9.17, 15) is 4.79 Å². The summed E-state index contributed by atoms with van der Waals surface area (Å²) in [6.07, 6.45) is 0. The third kappa shape index (κ3) is 2.07. The van der Waals surface area contributed by atoms with Gasteiger partial charge >= 0.3 is 5.97 Å². The number of ether oxygens (including phenoxy) is 1. The zero-order chi connectivity index (χ0) is 12.6. The van der Waals surface area contributed by atoms with Crippen LogP contribution in [0.4, 0.5) is 0 Å². The number of aromatic nitrogens is 2.